The number of fused-ring (bicyclic) bond motifs is 7. The second-order valence-electron chi connectivity index (χ2n) is 5.48. The molecule has 0 radical (unpaired) electrons. The molecule has 1 heterocycles. The van der Waals surface area contributed by atoms with E-state index in [1.54, 1.807) is 0 Å². The predicted octanol–water partition coefficient (Wildman–Crippen LogP) is 3.99. The fourth-order valence-corrected chi connectivity index (χ4v) is 3.28. The van der Waals surface area contributed by atoms with Crippen molar-refractivity contribution in [3.05, 3.63) is 71.8 Å². The Bertz CT molecular complexity index is 1100. The third-order valence-electron chi connectivity index (χ3n) is 4.31. The maximum absolute atomic E-state index is 12.8. The van der Waals surface area contributed by atoms with Crippen LogP contribution < -0.4 is 0 Å². The minimum atomic E-state index is 0.0424. The maximum atomic E-state index is 12.8. The lowest BCUT2D eigenvalue weighted by Gasteiger charge is -2.06. The molecule has 3 nitrogen and oxygen atoms in total. The summed E-state index contributed by atoms with van der Waals surface area (Å²) in [6.45, 7) is 0. The van der Waals surface area contributed by atoms with Gasteiger partial charge in [-0.1, -0.05) is 60.7 Å². The average Bonchev–Trinajstić information content (AvgIpc) is 2.88. The zero-order valence-corrected chi connectivity index (χ0v) is 11.6. The summed E-state index contributed by atoms with van der Waals surface area (Å²) in [7, 11) is 0. The van der Waals surface area contributed by atoms with Crippen molar-refractivity contribution in [2.75, 3.05) is 0 Å². The number of hydrogen-bond donors (Lipinski definition) is 0. The second-order valence-corrected chi connectivity index (χ2v) is 5.48. The first-order valence-corrected chi connectivity index (χ1v) is 7.17. The summed E-state index contributed by atoms with van der Waals surface area (Å²) in [6.07, 6.45) is 0. The number of carbonyl (C=O) groups is 1. The number of nitrogens with zero attached hydrogens (tertiary/aromatic N) is 2. The van der Waals surface area contributed by atoms with Crippen LogP contribution >= 0.6 is 0 Å². The van der Waals surface area contributed by atoms with Gasteiger partial charge in [0.2, 0.25) is 0 Å². The fraction of sp³-hybridized carbons (Fsp3) is 0. The second kappa shape index (κ2) is 3.98. The van der Waals surface area contributed by atoms with E-state index in [0.29, 0.717) is 16.8 Å². The minimum Gasteiger partial charge on any atom is -0.288 e. The number of aromatic nitrogens is 2. The van der Waals surface area contributed by atoms with Crippen LogP contribution in [-0.4, -0.2) is 16.0 Å². The van der Waals surface area contributed by atoms with Gasteiger partial charge < -0.3 is 0 Å². The summed E-state index contributed by atoms with van der Waals surface area (Å²) in [5.74, 6) is 0.0424. The molecule has 0 atom stereocenters. The molecule has 0 saturated carbocycles. The lowest BCUT2D eigenvalue weighted by molar-refractivity contribution is 0.104. The molecular weight excluding hydrogens is 272 g/mol. The van der Waals surface area contributed by atoms with Crippen molar-refractivity contribution in [1.29, 1.82) is 0 Å². The summed E-state index contributed by atoms with van der Waals surface area (Å²) in [5, 5.41) is 11.8. The molecular formula is C19H10N2O. The van der Waals surface area contributed by atoms with Crippen LogP contribution in [0.2, 0.25) is 0 Å². The van der Waals surface area contributed by atoms with Crippen molar-refractivity contribution >= 4 is 27.5 Å². The Morgan fingerprint density at radius 1 is 0.682 bits per heavy atom. The third kappa shape index (κ3) is 1.33. The van der Waals surface area contributed by atoms with E-state index in [4.69, 9.17) is 0 Å². The highest BCUT2D eigenvalue weighted by Gasteiger charge is 2.30. The van der Waals surface area contributed by atoms with Crippen LogP contribution in [0.15, 0.2) is 60.7 Å². The van der Waals surface area contributed by atoms with Crippen LogP contribution in [0.3, 0.4) is 0 Å². The smallest absolute Gasteiger partial charge is 0.196 e. The largest absolute Gasteiger partial charge is 0.288 e. The van der Waals surface area contributed by atoms with E-state index in [9.17, 15) is 4.79 Å². The molecule has 4 aromatic rings. The van der Waals surface area contributed by atoms with E-state index in [1.165, 1.54) is 0 Å². The van der Waals surface area contributed by atoms with Crippen molar-refractivity contribution in [3.63, 3.8) is 0 Å². The molecule has 5 rings (SSSR count). The first kappa shape index (κ1) is 11.6. The Labute approximate surface area is 126 Å². The van der Waals surface area contributed by atoms with Gasteiger partial charge in [-0.2, -0.15) is 0 Å². The number of hydrogen-bond acceptors (Lipinski definition) is 3. The predicted molar refractivity (Wildman–Crippen MR) is 85.9 cm³/mol. The molecule has 22 heavy (non-hydrogen) atoms. The third-order valence-corrected chi connectivity index (χ3v) is 4.31. The number of rotatable bonds is 0. The number of carbonyl (C=O) groups excluding carboxylic acids is 1. The molecule has 0 saturated heterocycles. The molecule has 0 unspecified atom stereocenters. The van der Waals surface area contributed by atoms with Crippen LogP contribution in [0.5, 0.6) is 0 Å². The van der Waals surface area contributed by atoms with E-state index in [2.05, 4.69) is 10.2 Å². The standard InChI is InChI=1S/C19H10N2O/c22-19-14-8-4-3-7-13(14)18-16(19)15-10-9-11-5-1-2-6-12(11)17(15)20-21-18/h1-10H. The van der Waals surface area contributed by atoms with Crippen molar-refractivity contribution in [2.45, 2.75) is 0 Å². The Morgan fingerprint density at radius 3 is 2.36 bits per heavy atom. The van der Waals surface area contributed by atoms with Crippen LogP contribution in [0.4, 0.5) is 0 Å². The Morgan fingerprint density at radius 2 is 1.45 bits per heavy atom. The summed E-state index contributed by atoms with van der Waals surface area (Å²) in [4.78, 5) is 12.8. The molecule has 0 fully saturated rings. The normalized spacial score (nSPS) is 12.6. The highest BCUT2D eigenvalue weighted by molar-refractivity contribution is 6.27. The van der Waals surface area contributed by atoms with Crippen molar-refractivity contribution in [1.82, 2.24) is 10.2 Å². The van der Waals surface area contributed by atoms with Gasteiger partial charge in [-0.25, -0.2) is 0 Å². The Kier molecular flexibility index (Phi) is 2.09. The van der Waals surface area contributed by atoms with E-state index in [0.717, 1.165) is 27.2 Å². The number of benzene rings is 3. The SMILES string of the molecule is O=C1c2ccccc2-c2nnc3c(ccc4ccccc43)c21. The molecule has 3 aromatic carbocycles. The Hall–Kier alpha value is -3.07. The molecule has 102 valence electrons. The van der Waals surface area contributed by atoms with Gasteiger partial charge in [-0.05, 0) is 5.39 Å². The molecule has 0 amide bonds. The van der Waals surface area contributed by atoms with Crippen LogP contribution in [0.1, 0.15) is 15.9 Å². The van der Waals surface area contributed by atoms with Gasteiger partial charge in [-0.3, -0.25) is 4.79 Å². The highest BCUT2D eigenvalue weighted by Crippen LogP contribution is 2.39. The lowest BCUT2D eigenvalue weighted by atomic mass is 10.0. The van der Waals surface area contributed by atoms with Crippen molar-refractivity contribution < 1.29 is 4.79 Å². The van der Waals surface area contributed by atoms with E-state index >= 15 is 0 Å². The molecule has 1 aliphatic carbocycles. The summed E-state index contributed by atoms with van der Waals surface area (Å²) >= 11 is 0. The maximum Gasteiger partial charge on any atom is 0.196 e. The van der Waals surface area contributed by atoms with Crippen LogP contribution in [0.25, 0.3) is 32.9 Å². The van der Waals surface area contributed by atoms with Gasteiger partial charge in [0.15, 0.2) is 5.78 Å². The monoisotopic (exact) mass is 282 g/mol. The van der Waals surface area contributed by atoms with Gasteiger partial charge in [0.1, 0.15) is 11.2 Å². The first-order valence-electron chi connectivity index (χ1n) is 7.17. The van der Waals surface area contributed by atoms with Gasteiger partial charge in [0.25, 0.3) is 0 Å². The Balaban J connectivity index is 1.96. The topological polar surface area (TPSA) is 42.9 Å². The first-order chi connectivity index (χ1) is 10.8. The quantitative estimate of drug-likeness (QED) is 0.403. The van der Waals surface area contributed by atoms with E-state index in [1.807, 2.05) is 60.7 Å². The highest BCUT2D eigenvalue weighted by atomic mass is 16.1. The summed E-state index contributed by atoms with van der Waals surface area (Å²) < 4.78 is 0. The molecule has 0 N–H and O–H groups in total. The number of ketones is 1. The van der Waals surface area contributed by atoms with E-state index in [-0.39, 0.29) is 5.78 Å². The van der Waals surface area contributed by atoms with Gasteiger partial charge in [0.05, 0.1) is 5.56 Å². The zero-order chi connectivity index (χ0) is 14.7. The molecule has 3 heteroatoms. The lowest BCUT2D eigenvalue weighted by Crippen LogP contribution is -1.99. The van der Waals surface area contributed by atoms with E-state index < -0.39 is 0 Å². The zero-order valence-electron chi connectivity index (χ0n) is 11.6. The van der Waals surface area contributed by atoms with Gasteiger partial charge >= 0.3 is 0 Å². The minimum absolute atomic E-state index is 0.0424. The van der Waals surface area contributed by atoms with Crippen molar-refractivity contribution in [3.8, 4) is 11.3 Å². The molecule has 1 aromatic heterocycles. The summed E-state index contributed by atoms with van der Waals surface area (Å²) in [6, 6.07) is 19.6. The molecule has 0 aliphatic heterocycles. The summed E-state index contributed by atoms with van der Waals surface area (Å²) in [5.41, 5.74) is 3.76. The van der Waals surface area contributed by atoms with Crippen LogP contribution in [-0.2, 0) is 0 Å². The van der Waals surface area contributed by atoms with Gasteiger partial charge in [0, 0.05) is 21.9 Å². The molecule has 0 bridgehead atoms. The fourth-order valence-electron chi connectivity index (χ4n) is 3.28. The van der Waals surface area contributed by atoms with Gasteiger partial charge in [-0.15, -0.1) is 10.2 Å². The van der Waals surface area contributed by atoms with Crippen molar-refractivity contribution in [2.24, 2.45) is 0 Å². The van der Waals surface area contributed by atoms with Crippen LogP contribution in [0, 0.1) is 0 Å². The molecule has 0 spiro atoms. The molecule has 1 aliphatic rings. The average molecular weight is 282 g/mol.